The minimum Gasteiger partial charge on any atom is -0.402 e. The van der Waals surface area contributed by atoms with Crippen molar-refractivity contribution in [3.05, 3.63) is 0 Å². The third-order valence-corrected chi connectivity index (χ3v) is 1.11. The predicted molar refractivity (Wildman–Crippen MR) is 43.4 cm³/mol. The van der Waals surface area contributed by atoms with Crippen molar-refractivity contribution in [1.82, 2.24) is 0 Å². The molecule has 0 amide bonds. The van der Waals surface area contributed by atoms with Gasteiger partial charge in [0, 0.05) is 33.4 Å². The molecule has 2 nitrogen and oxygen atoms in total. The molecule has 0 spiro atoms. The van der Waals surface area contributed by atoms with Gasteiger partial charge in [-0.2, -0.15) is 5.26 Å². The van der Waals surface area contributed by atoms with Gasteiger partial charge in [-0.1, -0.05) is 6.92 Å². The van der Waals surface area contributed by atoms with Crippen molar-refractivity contribution >= 4 is 7.41 Å². The van der Waals surface area contributed by atoms with E-state index in [0.29, 0.717) is 12.2 Å². The molecule has 0 aliphatic rings. The van der Waals surface area contributed by atoms with E-state index >= 15 is 0 Å². The SMILES string of the molecule is CC([B][N+](C)(C)C)CC#N. The Hall–Kier alpha value is -0.485. The fraction of sp³-hybridized carbons (Fsp3) is 0.857. The molecule has 0 saturated heterocycles. The molecule has 0 fully saturated rings. The lowest BCUT2D eigenvalue weighted by molar-refractivity contribution is -0.756. The molecule has 0 rings (SSSR count). The molecular formula is C7H15BN2+. The number of rotatable bonds is 3. The Kier molecular flexibility index (Phi) is 3.45. The molecule has 10 heavy (non-hydrogen) atoms. The molecule has 0 heterocycles. The molecule has 1 atom stereocenters. The zero-order valence-electron chi connectivity index (χ0n) is 7.26. The molecule has 0 aromatic rings. The topological polar surface area (TPSA) is 23.8 Å². The highest BCUT2D eigenvalue weighted by Gasteiger charge is 2.19. The fourth-order valence-corrected chi connectivity index (χ4v) is 0.960. The second-order valence-electron chi connectivity index (χ2n) is 3.60. The summed E-state index contributed by atoms with van der Waals surface area (Å²) in [4.78, 5) is 0. The molecule has 3 heteroatoms. The summed E-state index contributed by atoms with van der Waals surface area (Å²) >= 11 is 0. The van der Waals surface area contributed by atoms with Crippen LogP contribution >= 0.6 is 0 Å². The van der Waals surface area contributed by atoms with Gasteiger partial charge < -0.3 is 4.39 Å². The van der Waals surface area contributed by atoms with Crippen molar-refractivity contribution in [2.75, 3.05) is 21.1 Å². The number of hydrogen-bond donors (Lipinski definition) is 0. The maximum Gasteiger partial charge on any atom is 0.450 e. The summed E-state index contributed by atoms with van der Waals surface area (Å²) < 4.78 is 0.822. The number of hydrogen-bond acceptors (Lipinski definition) is 1. The van der Waals surface area contributed by atoms with Gasteiger partial charge in [0.2, 0.25) is 0 Å². The largest absolute Gasteiger partial charge is 0.450 e. The zero-order valence-corrected chi connectivity index (χ0v) is 7.26. The molecule has 0 saturated carbocycles. The summed E-state index contributed by atoms with van der Waals surface area (Å²) in [7, 11) is 8.43. The third-order valence-electron chi connectivity index (χ3n) is 1.11. The fourth-order valence-electron chi connectivity index (χ4n) is 0.960. The van der Waals surface area contributed by atoms with Crippen molar-refractivity contribution in [3.8, 4) is 6.07 Å². The van der Waals surface area contributed by atoms with Crippen molar-refractivity contribution in [2.24, 2.45) is 0 Å². The van der Waals surface area contributed by atoms with Crippen LogP contribution in [0.4, 0.5) is 0 Å². The molecule has 0 N–H and O–H groups in total. The molecule has 0 bridgehead atoms. The first kappa shape index (κ1) is 9.51. The van der Waals surface area contributed by atoms with Crippen molar-refractivity contribution < 1.29 is 4.39 Å². The lowest BCUT2D eigenvalue weighted by Gasteiger charge is -2.24. The Morgan fingerprint density at radius 3 is 2.30 bits per heavy atom. The number of nitrogens with zero attached hydrogens (tertiary/aromatic N) is 2. The zero-order chi connectivity index (χ0) is 8.20. The van der Waals surface area contributed by atoms with Gasteiger partial charge in [-0.3, -0.25) is 0 Å². The molecule has 0 aliphatic carbocycles. The van der Waals surface area contributed by atoms with Crippen molar-refractivity contribution in [3.63, 3.8) is 0 Å². The average Bonchev–Trinajstić information content (AvgIpc) is 1.59. The maximum absolute atomic E-state index is 8.36. The van der Waals surface area contributed by atoms with E-state index in [-0.39, 0.29) is 0 Å². The Balaban J connectivity index is 3.60. The van der Waals surface area contributed by atoms with Gasteiger partial charge >= 0.3 is 7.41 Å². The summed E-state index contributed by atoms with van der Waals surface area (Å²) in [6.45, 7) is 2.06. The summed E-state index contributed by atoms with van der Waals surface area (Å²) in [5.41, 5.74) is 0. The summed E-state index contributed by atoms with van der Waals surface area (Å²) in [6, 6.07) is 2.15. The van der Waals surface area contributed by atoms with E-state index < -0.39 is 0 Å². The molecule has 1 radical (unpaired) electrons. The van der Waals surface area contributed by atoms with Crippen LogP contribution < -0.4 is 0 Å². The van der Waals surface area contributed by atoms with Crippen LogP contribution in [0.3, 0.4) is 0 Å². The highest BCUT2D eigenvalue weighted by Crippen LogP contribution is 2.08. The molecule has 1 unspecified atom stereocenters. The highest BCUT2D eigenvalue weighted by molar-refractivity contribution is 6.28. The first-order valence-electron chi connectivity index (χ1n) is 3.50. The van der Waals surface area contributed by atoms with Gasteiger partial charge in [-0.15, -0.1) is 0 Å². The number of quaternary nitrogens is 1. The van der Waals surface area contributed by atoms with Gasteiger partial charge in [-0.05, 0) is 0 Å². The van der Waals surface area contributed by atoms with E-state index in [2.05, 4.69) is 41.6 Å². The normalized spacial score (nSPS) is 13.9. The quantitative estimate of drug-likeness (QED) is 0.534. The standard InChI is InChI=1S/C7H15BN2/c1-7(5-6-9)8-10(2,3)4/h7H,5H2,1-4H3/q+1. The lowest BCUT2D eigenvalue weighted by atomic mass is 9.72. The Bertz CT molecular complexity index is 132. The second-order valence-corrected chi connectivity index (χ2v) is 3.60. The van der Waals surface area contributed by atoms with Crippen LogP contribution in [0.15, 0.2) is 0 Å². The van der Waals surface area contributed by atoms with E-state index in [1.165, 1.54) is 0 Å². The molecule has 0 aliphatic heterocycles. The summed E-state index contributed by atoms with van der Waals surface area (Å²) in [6.07, 6.45) is 0.621. The van der Waals surface area contributed by atoms with Crippen LogP contribution in [-0.2, 0) is 0 Å². The second kappa shape index (κ2) is 3.63. The van der Waals surface area contributed by atoms with Gasteiger partial charge in [0.15, 0.2) is 0 Å². The summed E-state index contributed by atoms with van der Waals surface area (Å²) in [5, 5.41) is 8.36. The van der Waals surface area contributed by atoms with Gasteiger partial charge in [-0.25, -0.2) is 0 Å². The van der Waals surface area contributed by atoms with Gasteiger partial charge in [0.25, 0.3) is 0 Å². The van der Waals surface area contributed by atoms with E-state index in [4.69, 9.17) is 5.26 Å². The van der Waals surface area contributed by atoms with Crippen LogP contribution in [0, 0.1) is 11.3 Å². The first-order valence-corrected chi connectivity index (χ1v) is 3.50. The third kappa shape index (κ3) is 5.65. The Labute approximate surface area is 64.3 Å². The van der Waals surface area contributed by atoms with E-state index in [9.17, 15) is 0 Å². The molecule has 0 aromatic carbocycles. The van der Waals surface area contributed by atoms with E-state index in [1.807, 2.05) is 0 Å². The molecular weight excluding hydrogens is 123 g/mol. The van der Waals surface area contributed by atoms with E-state index in [1.54, 1.807) is 0 Å². The van der Waals surface area contributed by atoms with Crippen molar-refractivity contribution in [1.29, 1.82) is 5.26 Å². The van der Waals surface area contributed by atoms with Crippen LogP contribution in [0.2, 0.25) is 5.82 Å². The monoisotopic (exact) mass is 138 g/mol. The smallest absolute Gasteiger partial charge is 0.402 e. The van der Waals surface area contributed by atoms with E-state index in [0.717, 1.165) is 4.39 Å². The minimum absolute atomic E-state index is 0.394. The lowest BCUT2D eigenvalue weighted by Crippen LogP contribution is -2.40. The predicted octanol–water partition coefficient (Wildman–Crippen LogP) is 1.03. The van der Waals surface area contributed by atoms with Crippen molar-refractivity contribution in [2.45, 2.75) is 19.2 Å². The maximum atomic E-state index is 8.36. The summed E-state index contributed by atoms with van der Waals surface area (Å²) in [5.74, 6) is 0.394. The highest BCUT2D eigenvalue weighted by atomic mass is 15.2. The Morgan fingerprint density at radius 2 is 2.00 bits per heavy atom. The van der Waals surface area contributed by atoms with Crippen LogP contribution in [-0.4, -0.2) is 33.0 Å². The average molecular weight is 138 g/mol. The number of nitriles is 1. The van der Waals surface area contributed by atoms with Crippen LogP contribution in [0.25, 0.3) is 0 Å². The molecule has 55 valence electrons. The van der Waals surface area contributed by atoms with Crippen LogP contribution in [0.5, 0.6) is 0 Å². The van der Waals surface area contributed by atoms with Crippen LogP contribution in [0.1, 0.15) is 13.3 Å². The minimum atomic E-state index is 0.394. The first-order chi connectivity index (χ1) is 4.45. The van der Waals surface area contributed by atoms with Gasteiger partial charge in [0.1, 0.15) is 0 Å². The molecule has 0 aromatic heterocycles. The Morgan fingerprint density at radius 1 is 1.50 bits per heavy atom. The van der Waals surface area contributed by atoms with Gasteiger partial charge in [0.05, 0.1) is 6.07 Å².